The van der Waals surface area contributed by atoms with Crippen LogP contribution in [0.5, 0.6) is 0 Å². The summed E-state index contributed by atoms with van der Waals surface area (Å²) in [6.07, 6.45) is 3.74. The molecule has 8 heteroatoms. The number of rotatable bonds is 7. The van der Waals surface area contributed by atoms with E-state index in [-0.39, 0.29) is 5.03 Å². The van der Waals surface area contributed by atoms with Gasteiger partial charge in [0.2, 0.25) is 0 Å². The molecule has 0 saturated carbocycles. The lowest BCUT2D eigenvalue weighted by Crippen LogP contribution is -2.43. The highest BCUT2D eigenvalue weighted by Gasteiger charge is 2.34. The van der Waals surface area contributed by atoms with E-state index in [1.165, 1.54) is 11.3 Å². The highest BCUT2D eigenvalue weighted by molar-refractivity contribution is 7.89. The van der Waals surface area contributed by atoms with Crippen molar-refractivity contribution in [2.45, 2.75) is 58.1 Å². The van der Waals surface area contributed by atoms with Gasteiger partial charge in [0.1, 0.15) is 5.01 Å². The van der Waals surface area contributed by atoms with Gasteiger partial charge in [0.05, 0.1) is 11.9 Å². The third-order valence-electron chi connectivity index (χ3n) is 3.62. The molecule has 0 radical (unpaired) electrons. The summed E-state index contributed by atoms with van der Waals surface area (Å²) in [5.74, 6) is 0.423. The Bertz CT molecular complexity index is 764. The smallest absolute Gasteiger partial charge is 0.260 e. The summed E-state index contributed by atoms with van der Waals surface area (Å²) in [6.45, 7) is 10.6. The first-order valence-corrected chi connectivity index (χ1v) is 10.0. The summed E-state index contributed by atoms with van der Waals surface area (Å²) in [7, 11) is -3.70. The van der Waals surface area contributed by atoms with Gasteiger partial charge in [-0.2, -0.15) is 4.72 Å². The van der Waals surface area contributed by atoms with E-state index in [9.17, 15) is 8.42 Å². The lowest BCUT2D eigenvalue weighted by molar-refractivity contribution is 0.413. The molecule has 2 rings (SSSR count). The Balaban J connectivity index is 2.27. The largest absolute Gasteiger partial charge is 0.336 e. The number of imidazole rings is 1. The molecule has 0 saturated heterocycles. The fourth-order valence-electron chi connectivity index (χ4n) is 2.22. The van der Waals surface area contributed by atoms with Crippen LogP contribution in [0.3, 0.4) is 0 Å². The Kier molecular flexibility index (Phi) is 5.27. The molecule has 0 aliphatic carbocycles. The summed E-state index contributed by atoms with van der Waals surface area (Å²) >= 11 is 1.47. The monoisotopic (exact) mass is 356 g/mol. The van der Waals surface area contributed by atoms with Gasteiger partial charge in [-0.3, -0.25) is 0 Å². The van der Waals surface area contributed by atoms with Gasteiger partial charge in [-0.1, -0.05) is 20.8 Å². The van der Waals surface area contributed by atoms with Crippen molar-refractivity contribution in [1.82, 2.24) is 19.3 Å². The lowest BCUT2D eigenvalue weighted by atomic mass is 10.0. The van der Waals surface area contributed by atoms with E-state index in [2.05, 4.69) is 28.5 Å². The number of hydrogen-bond donors (Lipinski definition) is 1. The van der Waals surface area contributed by atoms with E-state index >= 15 is 0 Å². The maximum absolute atomic E-state index is 12.7. The van der Waals surface area contributed by atoms with Crippen LogP contribution in [0.25, 0.3) is 0 Å². The molecule has 0 amide bonds. The number of aryl methyl sites for hydroxylation is 1. The van der Waals surface area contributed by atoms with E-state index in [1.807, 2.05) is 26.2 Å². The van der Waals surface area contributed by atoms with Gasteiger partial charge in [-0.25, -0.2) is 18.4 Å². The molecule has 6 nitrogen and oxygen atoms in total. The molecule has 2 aromatic heterocycles. The number of hydrogen-bond acceptors (Lipinski definition) is 5. The SMILES string of the molecule is CCC(C)(NS(=O)(=O)c1cn(CC(C)C)cn1)c1nc(C)cs1. The topological polar surface area (TPSA) is 76.9 Å². The molecular formula is C15H24N4O2S2. The van der Waals surface area contributed by atoms with Crippen molar-refractivity contribution < 1.29 is 8.42 Å². The second kappa shape index (κ2) is 6.70. The quantitative estimate of drug-likeness (QED) is 0.827. The minimum atomic E-state index is -3.70. The first-order chi connectivity index (χ1) is 10.7. The Morgan fingerprint density at radius 2 is 2.13 bits per heavy atom. The summed E-state index contributed by atoms with van der Waals surface area (Å²) in [5.41, 5.74) is 0.157. The Hall–Kier alpha value is -1.25. The van der Waals surface area contributed by atoms with Crippen molar-refractivity contribution in [3.05, 3.63) is 28.6 Å². The van der Waals surface area contributed by atoms with E-state index < -0.39 is 15.6 Å². The lowest BCUT2D eigenvalue weighted by Gasteiger charge is -2.26. The maximum atomic E-state index is 12.7. The third kappa shape index (κ3) is 4.19. The molecule has 0 spiro atoms. The fraction of sp³-hybridized carbons (Fsp3) is 0.600. The third-order valence-corrected chi connectivity index (χ3v) is 6.32. The van der Waals surface area contributed by atoms with Crippen LogP contribution in [0.4, 0.5) is 0 Å². The fourth-order valence-corrected chi connectivity index (χ4v) is 4.67. The van der Waals surface area contributed by atoms with Crippen molar-refractivity contribution in [2.24, 2.45) is 5.92 Å². The van der Waals surface area contributed by atoms with Crippen LogP contribution in [0.15, 0.2) is 22.9 Å². The second-order valence-corrected chi connectivity index (χ2v) is 8.88. The van der Waals surface area contributed by atoms with Crippen LogP contribution < -0.4 is 4.72 Å². The number of nitrogens with zero attached hydrogens (tertiary/aromatic N) is 3. The predicted octanol–water partition coefficient (Wildman–Crippen LogP) is 2.91. The predicted molar refractivity (Wildman–Crippen MR) is 91.9 cm³/mol. The van der Waals surface area contributed by atoms with E-state index in [4.69, 9.17) is 0 Å². The zero-order valence-electron chi connectivity index (χ0n) is 14.2. The van der Waals surface area contributed by atoms with Crippen molar-refractivity contribution in [3.63, 3.8) is 0 Å². The van der Waals surface area contributed by atoms with Crippen LogP contribution in [0.1, 0.15) is 44.8 Å². The normalized spacial score (nSPS) is 15.0. The molecule has 0 bridgehead atoms. The molecule has 0 aliphatic rings. The zero-order chi connectivity index (χ0) is 17.3. The second-order valence-electron chi connectivity index (χ2n) is 6.39. The summed E-state index contributed by atoms with van der Waals surface area (Å²) in [4.78, 5) is 8.50. The molecule has 1 N–H and O–H groups in total. The molecule has 2 aromatic rings. The van der Waals surface area contributed by atoms with Gasteiger partial charge in [0.25, 0.3) is 10.0 Å². The number of sulfonamides is 1. The van der Waals surface area contributed by atoms with Gasteiger partial charge < -0.3 is 4.57 Å². The van der Waals surface area contributed by atoms with Crippen molar-refractivity contribution in [3.8, 4) is 0 Å². The Morgan fingerprint density at radius 3 is 2.65 bits per heavy atom. The first kappa shape index (κ1) is 18.1. The van der Waals surface area contributed by atoms with Crippen LogP contribution in [0.2, 0.25) is 0 Å². The molecule has 1 atom stereocenters. The molecule has 23 heavy (non-hydrogen) atoms. The first-order valence-electron chi connectivity index (χ1n) is 7.64. The molecule has 128 valence electrons. The van der Waals surface area contributed by atoms with E-state index in [0.29, 0.717) is 12.3 Å². The van der Waals surface area contributed by atoms with Crippen molar-refractivity contribution in [2.75, 3.05) is 0 Å². The zero-order valence-corrected chi connectivity index (χ0v) is 15.8. The van der Waals surface area contributed by atoms with Crippen LogP contribution in [-0.4, -0.2) is 23.0 Å². The number of aromatic nitrogens is 3. The minimum Gasteiger partial charge on any atom is -0.336 e. The number of nitrogens with one attached hydrogen (secondary N) is 1. The summed E-state index contributed by atoms with van der Waals surface area (Å²) < 4.78 is 29.9. The van der Waals surface area contributed by atoms with Crippen LogP contribution in [0, 0.1) is 12.8 Å². The summed E-state index contributed by atoms with van der Waals surface area (Å²) in [5, 5.41) is 2.74. The number of thiazole rings is 1. The van der Waals surface area contributed by atoms with Crippen LogP contribution in [-0.2, 0) is 22.1 Å². The van der Waals surface area contributed by atoms with E-state index in [0.717, 1.165) is 17.2 Å². The van der Waals surface area contributed by atoms with Gasteiger partial charge in [-0.05, 0) is 26.2 Å². The van der Waals surface area contributed by atoms with Crippen molar-refractivity contribution in [1.29, 1.82) is 0 Å². The molecule has 1 unspecified atom stereocenters. The highest BCUT2D eigenvalue weighted by atomic mass is 32.2. The molecule has 2 heterocycles. The Morgan fingerprint density at radius 1 is 1.43 bits per heavy atom. The summed E-state index contributed by atoms with van der Waals surface area (Å²) in [6, 6.07) is 0. The van der Waals surface area contributed by atoms with Gasteiger partial charge in [0, 0.05) is 23.8 Å². The average molecular weight is 357 g/mol. The Labute approximate surface area is 142 Å². The van der Waals surface area contributed by atoms with Crippen molar-refractivity contribution >= 4 is 21.4 Å². The van der Waals surface area contributed by atoms with Gasteiger partial charge in [0.15, 0.2) is 5.03 Å². The molecule has 0 aromatic carbocycles. The highest BCUT2D eigenvalue weighted by Crippen LogP contribution is 2.29. The van der Waals surface area contributed by atoms with Gasteiger partial charge >= 0.3 is 0 Å². The average Bonchev–Trinajstić information content (AvgIpc) is 3.07. The minimum absolute atomic E-state index is 0.0473. The van der Waals surface area contributed by atoms with Crippen LogP contribution >= 0.6 is 11.3 Å². The van der Waals surface area contributed by atoms with E-state index in [1.54, 1.807) is 17.1 Å². The molecular weight excluding hydrogens is 332 g/mol. The molecule has 0 aliphatic heterocycles. The maximum Gasteiger partial charge on any atom is 0.260 e. The standard InChI is InChI=1S/C15H24N4O2S2/c1-6-15(5,14-17-12(4)9-22-14)18-23(20,21)13-8-19(10-16-13)7-11(2)3/h8-11,18H,6-7H2,1-5H3. The van der Waals surface area contributed by atoms with Gasteiger partial charge in [-0.15, -0.1) is 11.3 Å². The molecule has 0 fully saturated rings.